The minimum absolute atomic E-state index is 0.184. The smallest absolute Gasteiger partial charge is 0.252 e. The lowest BCUT2D eigenvalue weighted by atomic mass is 10.1. The molecule has 0 saturated carbocycles. The summed E-state index contributed by atoms with van der Waals surface area (Å²) in [4.78, 5) is 16.4. The second-order valence-electron chi connectivity index (χ2n) is 4.44. The van der Waals surface area contributed by atoms with Crippen LogP contribution in [0, 0.1) is 0 Å². The minimum Gasteiger partial charge on any atom is -0.497 e. The molecule has 0 radical (unpaired) electrons. The number of methoxy groups -OCH3 is 1. The van der Waals surface area contributed by atoms with Crippen LogP contribution in [0.4, 0.5) is 5.69 Å². The number of hydrogen-bond donors (Lipinski definition) is 2. The highest BCUT2D eigenvalue weighted by Gasteiger charge is 2.13. The van der Waals surface area contributed by atoms with Gasteiger partial charge in [-0.15, -0.1) is 0 Å². The molecule has 1 heterocycles. The molecule has 0 spiro atoms. The van der Waals surface area contributed by atoms with E-state index in [4.69, 9.17) is 10.5 Å². The van der Waals surface area contributed by atoms with Gasteiger partial charge in [0.1, 0.15) is 5.75 Å². The van der Waals surface area contributed by atoms with Crippen LogP contribution in [0.1, 0.15) is 29.0 Å². The SMILES string of the molecule is COc1cc(N)cc(C(=O)NC(C)c2ccccn2)c1. The van der Waals surface area contributed by atoms with Crippen molar-refractivity contribution in [1.29, 1.82) is 0 Å². The maximum Gasteiger partial charge on any atom is 0.252 e. The molecule has 0 aliphatic carbocycles. The Labute approximate surface area is 117 Å². The molecule has 1 unspecified atom stereocenters. The minimum atomic E-state index is -0.214. The second kappa shape index (κ2) is 6.06. The fourth-order valence-corrected chi connectivity index (χ4v) is 1.86. The summed E-state index contributed by atoms with van der Waals surface area (Å²) in [6.07, 6.45) is 1.70. The van der Waals surface area contributed by atoms with Crippen molar-refractivity contribution in [2.75, 3.05) is 12.8 Å². The van der Waals surface area contributed by atoms with E-state index in [-0.39, 0.29) is 11.9 Å². The van der Waals surface area contributed by atoms with E-state index in [2.05, 4.69) is 10.3 Å². The molecule has 2 aromatic rings. The van der Waals surface area contributed by atoms with Crippen molar-refractivity contribution in [1.82, 2.24) is 10.3 Å². The standard InChI is InChI=1S/C15H17N3O2/c1-10(14-5-3-4-6-17-14)18-15(19)11-7-12(16)9-13(8-11)20-2/h3-10H,16H2,1-2H3,(H,18,19). The summed E-state index contributed by atoms with van der Waals surface area (Å²) in [5.41, 5.74) is 7.49. The number of rotatable bonds is 4. The molecule has 5 nitrogen and oxygen atoms in total. The zero-order valence-corrected chi connectivity index (χ0v) is 11.5. The number of ether oxygens (including phenoxy) is 1. The summed E-state index contributed by atoms with van der Waals surface area (Å²) in [5.74, 6) is 0.342. The predicted molar refractivity (Wildman–Crippen MR) is 77.5 cm³/mol. The predicted octanol–water partition coefficient (Wildman–Crippen LogP) is 2.16. The third-order valence-corrected chi connectivity index (χ3v) is 2.91. The summed E-state index contributed by atoms with van der Waals surface area (Å²) in [6.45, 7) is 1.88. The van der Waals surface area contributed by atoms with Gasteiger partial charge in [-0.05, 0) is 31.2 Å². The average Bonchev–Trinajstić information content (AvgIpc) is 2.47. The normalized spacial score (nSPS) is 11.7. The largest absolute Gasteiger partial charge is 0.497 e. The maximum absolute atomic E-state index is 12.2. The second-order valence-corrected chi connectivity index (χ2v) is 4.44. The van der Waals surface area contributed by atoms with Crippen molar-refractivity contribution in [3.05, 3.63) is 53.9 Å². The van der Waals surface area contributed by atoms with E-state index in [1.165, 1.54) is 7.11 Å². The molecule has 0 aliphatic rings. The number of carbonyl (C=O) groups is 1. The highest BCUT2D eigenvalue weighted by Crippen LogP contribution is 2.19. The Bertz CT molecular complexity index is 599. The fraction of sp³-hybridized carbons (Fsp3) is 0.200. The molecule has 2 rings (SSSR count). The van der Waals surface area contributed by atoms with Gasteiger partial charge in [-0.3, -0.25) is 9.78 Å². The first-order valence-corrected chi connectivity index (χ1v) is 6.26. The lowest BCUT2D eigenvalue weighted by Gasteiger charge is -2.14. The van der Waals surface area contributed by atoms with Crippen LogP contribution >= 0.6 is 0 Å². The van der Waals surface area contributed by atoms with Crippen LogP contribution in [-0.4, -0.2) is 18.0 Å². The van der Waals surface area contributed by atoms with Crippen molar-refractivity contribution in [2.45, 2.75) is 13.0 Å². The van der Waals surface area contributed by atoms with Gasteiger partial charge in [-0.2, -0.15) is 0 Å². The topological polar surface area (TPSA) is 77.2 Å². The zero-order valence-electron chi connectivity index (χ0n) is 11.5. The molecular formula is C15H17N3O2. The van der Waals surface area contributed by atoms with Crippen molar-refractivity contribution in [3.8, 4) is 5.75 Å². The Morgan fingerprint density at radius 2 is 2.15 bits per heavy atom. The van der Waals surface area contributed by atoms with Crippen LogP contribution in [0.3, 0.4) is 0 Å². The number of pyridine rings is 1. The van der Waals surface area contributed by atoms with Crippen LogP contribution in [0.2, 0.25) is 0 Å². The van der Waals surface area contributed by atoms with Gasteiger partial charge >= 0.3 is 0 Å². The Balaban J connectivity index is 2.14. The highest BCUT2D eigenvalue weighted by molar-refractivity contribution is 5.95. The maximum atomic E-state index is 12.2. The van der Waals surface area contributed by atoms with Crippen LogP contribution in [0.25, 0.3) is 0 Å². The van der Waals surface area contributed by atoms with E-state index in [0.717, 1.165) is 5.69 Å². The van der Waals surface area contributed by atoms with E-state index in [1.54, 1.807) is 24.4 Å². The number of nitrogens with zero attached hydrogens (tertiary/aromatic N) is 1. The molecule has 0 fully saturated rings. The van der Waals surface area contributed by atoms with Gasteiger partial charge < -0.3 is 15.8 Å². The number of hydrogen-bond acceptors (Lipinski definition) is 4. The molecule has 5 heteroatoms. The van der Waals surface area contributed by atoms with Gasteiger partial charge in [0, 0.05) is 23.5 Å². The van der Waals surface area contributed by atoms with Gasteiger partial charge in [0.15, 0.2) is 0 Å². The van der Waals surface area contributed by atoms with Crippen molar-refractivity contribution in [2.24, 2.45) is 0 Å². The van der Waals surface area contributed by atoms with Gasteiger partial charge in [0.25, 0.3) is 5.91 Å². The van der Waals surface area contributed by atoms with E-state index < -0.39 is 0 Å². The molecular weight excluding hydrogens is 254 g/mol. The first-order valence-electron chi connectivity index (χ1n) is 6.26. The fourth-order valence-electron chi connectivity index (χ4n) is 1.86. The molecule has 1 aromatic heterocycles. The van der Waals surface area contributed by atoms with E-state index >= 15 is 0 Å². The van der Waals surface area contributed by atoms with Crippen molar-refractivity contribution >= 4 is 11.6 Å². The summed E-state index contributed by atoms with van der Waals surface area (Å²) in [5, 5.41) is 2.88. The molecule has 20 heavy (non-hydrogen) atoms. The molecule has 0 saturated heterocycles. The monoisotopic (exact) mass is 271 g/mol. The summed E-state index contributed by atoms with van der Waals surface area (Å²) in [7, 11) is 1.53. The Hall–Kier alpha value is -2.56. The molecule has 1 aromatic carbocycles. The third kappa shape index (κ3) is 3.26. The zero-order chi connectivity index (χ0) is 14.5. The van der Waals surface area contributed by atoms with Crippen molar-refractivity contribution < 1.29 is 9.53 Å². The Morgan fingerprint density at radius 1 is 1.35 bits per heavy atom. The van der Waals surface area contributed by atoms with E-state index in [1.807, 2.05) is 25.1 Å². The van der Waals surface area contributed by atoms with E-state index in [9.17, 15) is 4.79 Å². The van der Waals surface area contributed by atoms with Crippen LogP contribution < -0.4 is 15.8 Å². The number of carbonyl (C=O) groups excluding carboxylic acids is 1. The molecule has 0 aliphatic heterocycles. The van der Waals surface area contributed by atoms with Crippen LogP contribution in [0.15, 0.2) is 42.6 Å². The lowest BCUT2D eigenvalue weighted by Crippen LogP contribution is -2.27. The highest BCUT2D eigenvalue weighted by atomic mass is 16.5. The van der Waals surface area contributed by atoms with Crippen molar-refractivity contribution in [3.63, 3.8) is 0 Å². The summed E-state index contributed by atoms with van der Waals surface area (Å²) < 4.78 is 5.10. The number of aromatic nitrogens is 1. The summed E-state index contributed by atoms with van der Waals surface area (Å²) in [6, 6.07) is 10.3. The quantitative estimate of drug-likeness (QED) is 0.835. The number of anilines is 1. The number of nitrogen functional groups attached to an aromatic ring is 1. The average molecular weight is 271 g/mol. The molecule has 1 amide bonds. The Morgan fingerprint density at radius 3 is 2.80 bits per heavy atom. The van der Waals surface area contributed by atoms with E-state index in [0.29, 0.717) is 17.0 Å². The van der Waals surface area contributed by atoms with Gasteiger partial charge in [0.05, 0.1) is 18.8 Å². The first kappa shape index (κ1) is 13.9. The van der Waals surface area contributed by atoms with Gasteiger partial charge in [-0.25, -0.2) is 0 Å². The molecule has 0 bridgehead atoms. The van der Waals surface area contributed by atoms with Gasteiger partial charge in [-0.1, -0.05) is 6.07 Å². The number of benzene rings is 1. The molecule has 104 valence electrons. The number of amides is 1. The molecule has 1 atom stereocenters. The van der Waals surface area contributed by atoms with Gasteiger partial charge in [0.2, 0.25) is 0 Å². The third-order valence-electron chi connectivity index (χ3n) is 2.91. The lowest BCUT2D eigenvalue weighted by molar-refractivity contribution is 0.0939. The first-order chi connectivity index (χ1) is 9.60. The number of nitrogens with one attached hydrogen (secondary N) is 1. The molecule has 3 N–H and O–H groups in total. The Kier molecular flexibility index (Phi) is 4.20. The summed E-state index contributed by atoms with van der Waals surface area (Å²) >= 11 is 0. The number of nitrogens with two attached hydrogens (primary N) is 1. The van der Waals surface area contributed by atoms with Crippen LogP contribution in [-0.2, 0) is 0 Å². The van der Waals surface area contributed by atoms with Crippen LogP contribution in [0.5, 0.6) is 5.75 Å².